The predicted molar refractivity (Wildman–Crippen MR) is 88.9 cm³/mol. The van der Waals surface area contributed by atoms with E-state index in [1.807, 2.05) is 12.1 Å². The molecule has 0 aliphatic heterocycles. The van der Waals surface area contributed by atoms with Gasteiger partial charge in [-0.25, -0.2) is 0 Å². The Kier molecular flexibility index (Phi) is 6.56. The van der Waals surface area contributed by atoms with E-state index in [0.29, 0.717) is 6.04 Å². The van der Waals surface area contributed by atoms with Crippen LogP contribution in [0, 0.1) is 0 Å². The maximum absolute atomic E-state index is 5.84. The Balaban J connectivity index is 0.00000200. The largest absolute Gasteiger partial charge is 0.399 e. The molecule has 0 radical (unpaired) electrons. The van der Waals surface area contributed by atoms with Crippen LogP contribution in [-0.2, 0) is 13.1 Å². The van der Waals surface area contributed by atoms with Crippen LogP contribution in [-0.4, -0.2) is 10.9 Å². The molecule has 2 N–H and O–H groups in total. The fourth-order valence-electron chi connectivity index (χ4n) is 2.16. The summed E-state index contributed by atoms with van der Waals surface area (Å²) in [4.78, 5) is 2.45. The van der Waals surface area contributed by atoms with Crippen LogP contribution in [0.1, 0.15) is 25.0 Å². The van der Waals surface area contributed by atoms with Gasteiger partial charge in [-0.2, -0.15) is 0 Å². The molecular formula is C17H23ClN2. The highest BCUT2D eigenvalue weighted by Gasteiger charge is 2.10. The van der Waals surface area contributed by atoms with Gasteiger partial charge in [0.2, 0.25) is 0 Å². The van der Waals surface area contributed by atoms with E-state index >= 15 is 0 Å². The van der Waals surface area contributed by atoms with Gasteiger partial charge in [0.05, 0.1) is 0 Å². The molecule has 0 fully saturated rings. The van der Waals surface area contributed by atoms with Crippen LogP contribution < -0.4 is 5.73 Å². The standard InChI is InChI=1S/C17H22N2.ClH/c1-14(2)19(12-15-7-4-3-5-8-15)13-16-9-6-10-17(18)11-16;/h3-11,14H,12-13,18H2,1-2H3;1H. The van der Waals surface area contributed by atoms with Crippen LogP contribution in [0.25, 0.3) is 0 Å². The van der Waals surface area contributed by atoms with Crippen molar-refractivity contribution in [3.05, 3.63) is 65.7 Å². The van der Waals surface area contributed by atoms with E-state index < -0.39 is 0 Å². The minimum absolute atomic E-state index is 0. The van der Waals surface area contributed by atoms with Gasteiger partial charge in [-0.05, 0) is 37.1 Å². The van der Waals surface area contributed by atoms with Crippen LogP contribution in [0.3, 0.4) is 0 Å². The van der Waals surface area contributed by atoms with Crippen LogP contribution in [0.4, 0.5) is 5.69 Å². The van der Waals surface area contributed by atoms with Gasteiger partial charge in [0.25, 0.3) is 0 Å². The van der Waals surface area contributed by atoms with E-state index in [9.17, 15) is 0 Å². The third-order valence-electron chi connectivity index (χ3n) is 3.30. The Morgan fingerprint density at radius 3 is 2.10 bits per heavy atom. The smallest absolute Gasteiger partial charge is 0.0317 e. The molecule has 0 bridgehead atoms. The number of rotatable bonds is 5. The zero-order valence-electron chi connectivity index (χ0n) is 12.1. The van der Waals surface area contributed by atoms with Crippen LogP contribution in [0.15, 0.2) is 54.6 Å². The molecule has 0 aromatic heterocycles. The van der Waals surface area contributed by atoms with Crippen molar-refractivity contribution in [3.63, 3.8) is 0 Å². The Morgan fingerprint density at radius 1 is 0.900 bits per heavy atom. The Bertz CT molecular complexity index is 511. The summed E-state index contributed by atoms with van der Waals surface area (Å²) >= 11 is 0. The molecule has 0 unspecified atom stereocenters. The van der Waals surface area contributed by atoms with Crippen molar-refractivity contribution in [3.8, 4) is 0 Å². The third kappa shape index (κ3) is 4.87. The zero-order valence-corrected chi connectivity index (χ0v) is 12.9. The van der Waals surface area contributed by atoms with Gasteiger partial charge in [0.15, 0.2) is 0 Å². The second-order valence-electron chi connectivity index (χ2n) is 5.23. The summed E-state index contributed by atoms with van der Waals surface area (Å²) in [7, 11) is 0. The van der Waals surface area contributed by atoms with Crippen molar-refractivity contribution in [2.75, 3.05) is 5.73 Å². The number of anilines is 1. The van der Waals surface area contributed by atoms with Crippen molar-refractivity contribution in [1.82, 2.24) is 4.90 Å². The molecule has 3 heteroatoms. The van der Waals surface area contributed by atoms with E-state index in [0.717, 1.165) is 18.8 Å². The number of hydrogen-bond donors (Lipinski definition) is 1. The summed E-state index contributed by atoms with van der Waals surface area (Å²) in [5, 5.41) is 0. The van der Waals surface area contributed by atoms with Crippen molar-refractivity contribution >= 4 is 18.1 Å². The lowest BCUT2D eigenvalue weighted by atomic mass is 10.1. The number of hydrogen-bond acceptors (Lipinski definition) is 2. The first-order valence-corrected chi connectivity index (χ1v) is 6.77. The monoisotopic (exact) mass is 290 g/mol. The summed E-state index contributed by atoms with van der Waals surface area (Å²) in [6.07, 6.45) is 0. The third-order valence-corrected chi connectivity index (χ3v) is 3.30. The van der Waals surface area contributed by atoms with Crippen molar-refractivity contribution in [2.24, 2.45) is 0 Å². The van der Waals surface area contributed by atoms with Crippen LogP contribution >= 0.6 is 12.4 Å². The highest BCUT2D eigenvalue weighted by Crippen LogP contribution is 2.14. The summed E-state index contributed by atoms with van der Waals surface area (Å²) < 4.78 is 0. The summed E-state index contributed by atoms with van der Waals surface area (Å²) in [5.74, 6) is 0. The van der Waals surface area contributed by atoms with Gasteiger partial charge >= 0.3 is 0 Å². The summed E-state index contributed by atoms with van der Waals surface area (Å²) in [6, 6.07) is 19.2. The Morgan fingerprint density at radius 2 is 1.50 bits per heavy atom. The first-order chi connectivity index (χ1) is 9.15. The zero-order chi connectivity index (χ0) is 13.7. The molecule has 20 heavy (non-hydrogen) atoms. The minimum Gasteiger partial charge on any atom is -0.399 e. The molecule has 2 aromatic carbocycles. The van der Waals surface area contributed by atoms with Crippen LogP contribution in [0.5, 0.6) is 0 Å². The van der Waals surface area contributed by atoms with Gasteiger partial charge < -0.3 is 5.73 Å². The summed E-state index contributed by atoms with van der Waals surface area (Å²) in [5.41, 5.74) is 9.29. The first kappa shape index (κ1) is 16.5. The van der Waals surface area contributed by atoms with Crippen molar-refractivity contribution < 1.29 is 0 Å². The number of nitrogens with zero attached hydrogens (tertiary/aromatic N) is 1. The molecular weight excluding hydrogens is 268 g/mol. The highest BCUT2D eigenvalue weighted by molar-refractivity contribution is 5.85. The molecule has 108 valence electrons. The van der Waals surface area contributed by atoms with Gasteiger partial charge in [-0.3, -0.25) is 4.90 Å². The van der Waals surface area contributed by atoms with Crippen molar-refractivity contribution in [1.29, 1.82) is 0 Å². The topological polar surface area (TPSA) is 29.3 Å². The molecule has 2 nitrogen and oxygen atoms in total. The average molecular weight is 291 g/mol. The predicted octanol–water partition coefficient (Wildman–Crippen LogP) is 4.10. The SMILES string of the molecule is CC(C)N(Cc1ccccc1)Cc1cccc(N)c1.Cl. The second kappa shape index (κ2) is 7.93. The van der Waals surface area contributed by atoms with E-state index in [-0.39, 0.29) is 12.4 Å². The van der Waals surface area contributed by atoms with Gasteiger partial charge in [0.1, 0.15) is 0 Å². The maximum Gasteiger partial charge on any atom is 0.0317 e. The van der Waals surface area contributed by atoms with Crippen LogP contribution in [0.2, 0.25) is 0 Å². The fourth-order valence-corrected chi connectivity index (χ4v) is 2.16. The Hall–Kier alpha value is -1.51. The Labute approximate surface area is 128 Å². The average Bonchev–Trinajstić information content (AvgIpc) is 2.39. The maximum atomic E-state index is 5.84. The van der Waals surface area contributed by atoms with Gasteiger partial charge in [-0.1, -0.05) is 42.5 Å². The van der Waals surface area contributed by atoms with E-state index in [1.54, 1.807) is 0 Å². The van der Waals surface area contributed by atoms with Gasteiger partial charge in [0, 0.05) is 24.8 Å². The minimum atomic E-state index is 0. The van der Waals surface area contributed by atoms with E-state index in [2.05, 4.69) is 61.2 Å². The van der Waals surface area contributed by atoms with E-state index in [1.165, 1.54) is 11.1 Å². The highest BCUT2D eigenvalue weighted by atomic mass is 35.5. The number of halogens is 1. The molecule has 0 atom stereocenters. The lowest BCUT2D eigenvalue weighted by Crippen LogP contribution is -2.29. The summed E-state index contributed by atoms with van der Waals surface area (Å²) in [6.45, 7) is 6.36. The lowest BCUT2D eigenvalue weighted by Gasteiger charge is -2.26. The molecule has 0 amide bonds. The quantitative estimate of drug-likeness (QED) is 0.840. The number of benzene rings is 2. The molecule has 0 heterocycles. The molecule has 0 saturated heterocycles. The van der Waals surface area contributed by atoms with E-state index in [4.69, 9.17) is 5.73 Å². The molecule has 0 aliphatic rings. The number of nitrogen functional groups attached to an aromatic ring is 1. The molecule has 2 rings (SSSR count). The van der Waals surface area contributed by atoms with Gasteiger partial charge in [-0.15, -0.1) is 12.4 Å². The fraction of sp³-hybridized carbons (Fsp3) is 0.294. The number of nitrogens with two attached hydrogens (primary N) is 1. The lowest BCUT2D eigenvalue weighted by molar-refractivity contribution is 0.204. The normalized spacial score (nSPS) is 10.6. The molecule has 2 aromatic rings. The molecule has 0 saturated carbocycles. The second-order valence-corrected chi connectivity index (χ2v) is 5.23. The van der Waals surface area contributed by atoms with Crippen molar-refractivity contribution in [2.45, 2.75) is 33.0 Å². The first-order valence-electron chi connectivity index (χ1n) is 6.77. The molecule has 0 spiro atoms. The molecule has 0 aliphatic carbocycles.